The summed E-state index contributed by atoms with van der Waals surface area (Å²) in [7, 11) is 1.79. The molecule has 1 spiro atoms. The fourth-order valence-corrected chi connectivity index (χ4v) is 9.57. The maximum absolute atomic E-state index is 16.2. The Labute approximate surface area is 347 Å². The first-order valence-corrected chi connectivity index (χ1v) is 20.1. The zero-order valence-corrected chi connectivity index (χ0v) is 33.2. The number of carbonyl (C=O) groups excluding carboxylic acids is 3. The number of nitrogens with two attached hydrogens (primary N) is 1. The second-order valence-electron chi connectivity index (χ2n) is 15.8. The van der Waals surface area contributed by atoms with Gasteiger partial charge in [-0.25, -0.2) is 28.1 Å². The van der Waals surface area contributed by atoms with Crippen LogP contribution < -0.4 is 31.1 Å². The summed E-state index contributed by atoms with van der Waals surface area (Å²) >= 11 is 6.58. The Morgan fingerprint density at radius 2 is 1.78 bits per heavy atom. The van der Waals surface area contributed by atoms with Gasteiger partial charge < -0.3 is 20.9 Å². The van der Waals surface area contributed by atoms with Gasteiger partial charge in [-0.15, -0.1) is 5.10 Å². The molecule has 0 bridgehead atoms. The number of pyridine rings is 2. The molecule has 4 aliphatic rings. The Kier molecular flexibility index (Phi) is 8.87. The third kappa shape index (κ3) is 6.05. The molecule has 306 valence electrons. The number of piperidine rings is 1. The molecule has 4 amide bonds. The predicted molar refractivity (Wildman–Crippen MR) is 223 cm³/mol. The minimum Gasteiger partial charge on any atom is -0.385 e. The molecule has 0 radical (unpaired) electrons. The molecule has 0 aliphatic carbocycles. The van der Waals surface area contributed by atoms with Crippen LogP contribution in [-0.2, 0) is 17.8 Å². The highest BCUT2D eigenvalue weighted by Gasteiger charge is 2.62. The van der Waals surface area contributed by atoms with E-state index in [1.807, 2.05) is 47.5 Å². The first-order valence-electron chi connectivity index (χ1n) is 19.7. The number of alkyl halides is 2. The number of halogens is 3. The molecule has 4 aliphatic heterocycles. The maximum Gasteiger partial charge on any atom is 0.328 e. The number of nitrogens with one attached hydrogen (secondary N) is 2. The maximum atomic E-state index is 16.2. The Hall–Kier alpha value is -6.46. The van der Waals surface area contributed by atoms with Gasteiger partial charge in [0.15, 0.2) is 11.5 Å². The Morgan fingerprint density at radius 1 is 0.950 bits per heavy atom. The molecule has 3 fully saturated rings. The first kappa shape index (κ1) is 37.8. The van der Waals surface area contributed by atoms with Gasteiger partial charge in [-0.2, -0.15) is 0 Å². The number of aromatic nitrogens is 5. The lowest BCUT2D eigenvalue weighted by Gasteiger charge is -2.57. The number of urea groups is 1. The van der Waals surface area contributed by atoms with Crippen molar-refractivity contribution in [3.05, 3.63) is 95.0 Å². The summed E-state index contributed by atoms with van der Waals surface area (Å²) < 4.78 is 34.0. The van der Waals surface area contributed by atoms with E-state index < -0.39 is 29.8 Å². The molecule has 10 rings (SSSR count). The van der Waals surface area contributed by atoms with Gasteiger partial charge in [0.2, 0.25) is 5.91 Å². The number of benzene rings is 2. The van der Waals surface area contributed by atoms with Crippen LogP contribution in [0.25, 0.3) is 27.7 Å². The summed E-state index contributed by atoms with van der Waals surface area (Å²) in [6.45, 7) is 1.75. The van der Waals surface area contributed by atoms with Crippen molar-refractivity contribution in [1.29, 1.82) is 0 Å². The van der Waals surface area contributed by atoms with E-state index >= 15 is 8.78 Å². The van der Waals surface area contributed by atoms with Crippen molar-refractivity contribution in [2.75, 3.05) is 66.3 Å². The van der Waals surface area contributed by atoms with Crippen LogP contribution in [0.5, 0.6) is 0 Å². The number of likely N-dealkylation sites (tertiary alicyclic amines) is 1. The Balaban J connectivity index is 0.820. The molecule has 4 N–H and O–H groups in total. The molecule has 0 saturated carbocycles. The Morgan fingerprint density at radius 3 is 2.53 bits per heavy atom. The lowest BCUT2D eigenvalue weighted by atomic mass is 9.69. The molecule has 4 aromatic heterocycles. The number of hydrogen-bond acceptors (Lipinski definition) is 11. The number of hydrogen-bond donors (Lipinski definition) is 3. The van der Waals surface area contributed by atoms with E-state index in [2.05, 4.69) is 25.5 Å². The predicted octanol–water partition coefficient (Wildman–Crippen LogP) is 5.62. The molecule has 60 heavy (non-hydrogen) atoms. The molecule has 0 atom stereocenters. The molecule has 8 heterocycles. The van der Waals surface area contributed by atoms with E-state index in [1.165, 1.54) is 15.6 Å². The van der Waals surface area contributed by atoms with Crippen molar-refractivity contribution in [1.82, 2.24) is 34.8 Å². The molecular weight excluding hydrogens is 794 g/mol. The van der Waals surface area contributed by atoms with Crippen LogP contribution in [0.2, 0.25) is 5.02 Å². The molecule has 6 aromatic rings. The molecule has 2 aromatic carbocycles. The van der Waals surface area contributed by atoms with Gasteiger partial charge in [0.1, 0.15) is 11.5 Å². The number of imide groups is 1. The number of nitrogens with zero attached hydrogens (tertiary/aromatic N) is 9. The summed E-state index contributed by atoms with van der Waals surface area (Å²) in [5.41, 5.74) is 11.1. The summed E-state index contributed by atoms with van der Waals surface area (Å²) in [5, 5.41) is 11.7. The lowest BCUT2D eigenvalue weighted by Crippen LogP contribution is -2.69. The standard InChI is InChI=1S/C42H39ClF2N12O3/c1-47-31-17-34(52-57-33(37(46)59)19-50-39(31)57)55-14-10-26-25(3-2-4-32(26)55)30-8-5-24(18-49-30)20-53-21-41(22-53)12-16-54(23-42(41,44)45)38-28-6-7-29(43)36(27(28)9-13-48-38)56-15-11-35(58)51-40(56)60/h2-9,13,17-19,47H,10-12,14-16,20-23H2,1H3,(H2,46,59)(H,51,58,60). The fourth-order valence-electron chi connectivity index (χ4n) is 9.30. The minimum absolute atomic E-state index is 0.122. The second kappa shape index (κ2) is 14.1. The summed E-state index contributed by atoms with van der Waals surface area (Å²) in [6.07, 6.45) is 5.95. The molecule has 18 heteroatoms. The van der Waals surface area contributed by atoms with Gasteiger partial charge in [0.25, 0.3) is 11.8 Å². The number of primary amides is 1. The zero-order valence-electron chi connectivity index (χ0n) is 32.5. The van der Waals surface area contributed by atoms with E-state index in [1.54, 1.807) is 36.3 Å². The smallest absolute Gasteiger partial charge is 0.328 e. The van der Waals surface area contributed by atoms with Crippen LogP contribution in [0.3, 0.4) is 0 Å². The average Bonchev–Trinajstić information content (AvgIpc) is 3.86. The van der Waals surface area contributed by atoms with Crippen molar-refractivity contribution in [2.45, 2.75) is 31.7 Å². The molecule has 0 unspecified atom stereocenters. The van der Waals surface area contributed by atoms with Crippen LogP contribution in [0.1, 0.15) is 34.5 Å². The normalized spacial score (nSPS) is 18.6. The summed E-state index contributed by atoms with van der Waals surface area (Å²) in [5.74, 6) is -2.93. The zero-order chi connectivity index (χ0) is 41.5. The molecular formula is C42H39ClF2N12O3. The van der Waals surface area contributed by atoms with Crippen LogP contribution in [0.15, 0.2) is 73.2 Å². The monoisotopic (exact) mass is 832 g/mol. The topological polar surface area (TPSA) is 170 Å². The number of anilines is 5. The van der Waals surface area contributed by atoms with Crippen LogP contribution in [-0.4, -0.2) is 99.6 Å². The third-order valence-electron chi connectivity index (χ3n) is 12.3. The summed E-state index contributed by atoms with van der Waals surface area (Å²) in [6, 6.07) is 16.5. The molecule has 15 nitrogen and oxygen atoms in total. The second-order valence-corrected chi connectivity index (χ2v) is 16.3. The van der Waals surface area contributed by atoms with E-state index in [0.717, 1.165) is 34.5 Å². The van der Waals surface area contributed by atoms with Gasteiger partial charge in [-0.05, 0) is 54.3 Å². The Bertz CT molecular complexity index is 2760. The fraction of sp³-hybridized carbons (Fsp3) is 0.310. The highest BCUT2D eigenvalue weighted by molar-refractivity contribution is 6.36. The van der Waals surface area contributed by atoms with Gasteiger partial charge >= 0.3 is 6.03 Å². The quantitative estimate of drug-likeness (QED) is 0.174. The van der Waals surface area contributed by atoms with E-state index in [0.29, 0.717) is 64.1 Å². The number of carbonyl (C=O) groups is 3. The highest BCUT2D eigenvalue weighted by Crippen LogP contribution is 2.52. The number of rotatable bonds is 8. The minimum atomic E-state index is -2.99. The summed E-state index contributed by atoms with van der Waals surface area (Å²) in [4.78, 5) is 57.5. The lowest BCUT2D eigenvalue weighted by molar-refractivity contribution is -0.200. The number of amides is 4. The first-order chi connectivity index (χ1) is 28.9. The average molecular weight is 833 g/mol. The van der Waals surface area contributed by atoms with E-state index in [9.17, 15) is 14.4 Å². The van der Waals surface area contributed by atoms with Gasteiger partial charge in [-0.1, -0.05) is 29.8 Å². The van der Waals surface area contributed by atoms with Crippen molar-refractivity contribution >= 4 is 74.6 Å². The van der Waals surface area contributed by atoms with Crippen LogP contribution in [0, 0.1) is 5.41 Å². The third-order valence-corrected chi connectivity index (χ3v) is 12.6. The van der Waals surface area contributed by atoms with Crippen molar-refractivity contribution in [3.63, 3.8) is 0 Å². The van der Waals surface area contributed by atoms with E-state index in [4.69, 9.17) is 27.4 Å². The van der Waals surface area contributed by atoms with E-state index in [-0.39, 0.29) is 44.1 Å². The van der Waals surface area contributed by atoms with Gasteiger partial charge in [-0.3, -0.25) is 29.7 Å². The SMILES string of the molecule is CNc1cc(N2CCc3c(-c4ccc(CN5CC6(CCN(c7nccc8c(N9CCC(=O)NC9=O)c(Cl)ccc78)CC6(F)F)C5)cn4)cccc32)nn2c(C(N)=O)cnc12. The van der Waals surface area contributed by atoms with Crippen molar-refractivity contribution in [2.24, 2.45) is 11.1 Å². The highest BCUT2D eigenvalue weighted by atomic mass is 35.5. The number of fused-ring (bicyclic) bond motifs is 3. The van der Waals surface area contributed by atoms with Gasteiger partial charge in [0, 0.05) is 93.2 Å². The molecule has 3 saturated heterocycles. The van der Waals surface area contributed by atoms with Crippen molar-refractivity contribution < 1.29 is 23.2 Å². The van der Waals surface area contributed by atoms with Crippen molar-refractivity contribution in [3.8, 4) is 11.3 Å². The largest absolute Gasteiger partial charge is 0.385 e. The van der Waals surface area contributed by atoms with Gasteiger partial charge in [0.05, 0.1) is 40.2 Å². The van der Waals surface area contributed by atoms with Crippen LogP contribution in [0.4, 0.5) is 42.3 Å². The van der Waals surface area contributed by atoms with Crippen LogP contribution >= 0.6 is 11.6 Å². The number of imidazole rings is 1.